The van der Waals surface area contributed by atoms with E-state index in [4.69, 9.17) is 16.3 Å². The third kappa shape index (κ3) is 2.40. The highest BCUT2D eigenvalue weighted by Crippen LogP contribution is 2.28. The standard InChI is InChI=1S/C16H12ClNO/c1-19-14-9-12(8-13(17)10-14)16-7-6-11-4-2-3-5-15(11)18-16/h2-10H,1H3. The van der Waals surface area contributed by atoms with Gasteiger partial charge in [0, 0.05) is 16.0 Å². The number of pyridine rings is 1. The Labute approximate surface area is 116 Å². The van der Waals surface area contributed by atoms with Crippen molar-refractivity contribution in [1.29, 1.82) is 0 Å². The highest BCUT2D eigenvalue weighted by molar-refractivity contribution is 6.31. The Morgan fingerprint density at radius 1 is 1.00 bits per heavy atom. The summed E-state index contributed by atoms with van der Waals surface area (Å²) >= 11 is 6.09. The molecular formula is C16H12ClNO. The number of hydrogen-bond acceptors (Lipinski definition) is 2. The fourth-order valence-corrected chi connectivity index (χ4v) is 2.28. The molecule has 0 aliphatic rings. The first-order chi connectivity index (χ1) is 9.26. The van der Waals surface area contributed by atoms with E-state index in [0.717, 1.165) is 27.9 Å². The first kappa shape index (κ1) is 12.0. The lowest BCUT2D eigenvalue weighted by molar-refractivity contribution is 0.415. The van der Waals surface area contributed by atoms with Crippen LogP contribution in [-0.4, -0.2) is 12.1 Å². The van der Waals surface area contributed by atoms with Gasteiger partial charge in [0.25, 0.3) is 0 Å². The summed E-state index contributed by atoms with van der Waals surface area (Å²) in [6, 6.07) is 17.7. The maximum Gasteiger partial charge on any atom is 0.121 e. The predicted molar refractivity (Wildman–Crippen MR) is 78.7 cm³/mol. The van der Waals surface area contributed by atoms with E-state index in [9.17, 15) is 0 Å². The number of halogens is 1. The van der Waals surface area contributed by atoms with Gasteiger partial charge >= 0.3 is 0 Å². The van der Waals surface area contributed by atoms with Crippen LogP contribution in [0.15, 0.2) is 54.6 Å². The number of para-hydroxylation sites is 1. The van der Waals surface area contributed by atoms with Gasteiger partial charge in [0.05, 0.1) is 18.3 Å². The molecule has 0 bridgehead atoms. The second-order valence-corrected chi connectivity index (χ2v) is 4.71. The molecule has 0 radical (unpaired) electrons. The zero-order valence-electron chi connectivity index (χ0n) is 10.4. The Morgan fingerprint density at radius 3 is 2.68 bits per heavy atom. The van der Waals surface area contributed by atoms with E-state index >= 15 is 0 Å². The molecule has 0 spiro atoms. The van der Waals surface area contributed by atoms with Gasteiger partial charge in [-0.25, -0.2) is 4.98 Å². The van der Waals surface area contributed by atoms with Crippen molar-refractivity contribution in [2.75, 3.05) is 7.11 Å². The Kier molecular flexibility index (Phi) is 3.10. The van der Waals surface area contributed by atoms with Gasteiger partial charge < -0.3 is 4.74 Å². The lowest BCUT2D eigenvalue weighted by Gasteiger charge is -2.06. The van der Waals surface area contributed by atoms with Crippen LogP contribution < -0.4 is 4.74 Å². The number of hydrogen-bond donors (Lipinski definition) is 0. The molecule has 1 heterocycles. The average Bonchev–Trinajstić information content (AvgIpc) is 2.46. The smallest absolute Gasteiger partial charge is 0.121 e. The van der Waals surface area contributed by atoms with Gasteiger partial charge in [0.2, 0.25) is 0 Å². The second-order valence-electron chi connectivity index (χ2n) is 4.27. The van der Waals surface area contributed by atoms with E-state index in [0.29, 0.717) is 5.02 Å². The van der Waals surface area contributed by atoms with Gasteiger partial charge in [-0.1, -0.05) is 35.9 Å². The molecule has 0 atom stereocenters. The Bertz CT molecular complexity index is 740. The fourth-order valence-electron chi connectivity index (χ4n) is 2.06. The van der Waals surface area contributed by atoms with Crippen LogP contribution >= 0.6 is 11.6 Å². The minimum atomic E-state index is 0.643. The third-order valence-corrected chi connectivity index (χ3v) is 3.22. The summed E-state index contributed by atoms with van der Waals surface area (Å²) < 4.78 is 5.23. The molecule has 19 heavy (non-hydrogen) atoms. The van der Waals surface area contributed by atoms with Gasteiger partial charge in [-0.15, -0.1) is 0 Å². The molecule has 94 valence electrons. The zero-order chi connectivity index (χ0) is 13.2. The molecule has 0 saturated carbocycles. The Hall–Kier alpha value is -2.06. The van der Waals surface area contributed by atoms with Crippen LogP contribution in [0.25, 0.3) is 22.2 Å². The maximum atomic E-state index is 6.09. The summed E-state index contributed by atoms with van der Waals surface area (Å²) in [6.07, 6.45) is 0. The molecule has 0 unspecified atom stereocenters. The SMILES string of the molecule is COc1cc(Cl)cc(-c2ccc3ccccc3n2)c1. The van der Waals surface area contributed by atoms with Crippen molar-refractivity contribution in [1.82, 2.24) is 4.98 Å². The summed E-state index contributed by atoms with van der Waals surface area (Å²) in [5, 5.41) is 1.77. The van der Waals surface area contributed by atoms with Crippen LogP contribution in [0.3, 0.4) is 0 Å². The van der Waals surface area contributed by atoms with Gasteiger partial charge in [0.1, 0.15) is 5.75 Å². The number of benzene rings is 2. The zero-order valence-corrected chi connectivity index (χ0v) is 11.2. The number of ether oxygens (including phenoxy) is 1. The van der Waals surface area contributed by atoms with Crippen molar-refractivity contribution in [3.05, 3.63) is 59.6 Å². The van der Waals surface area contributed by atoms with Crippen molar-refractivity contribution in [3.8, 4) is 17.0 Å². The molecule has 2 aromatic carbocycles. The van der Waals surface area contributed by atoms with E-state index in [1.165, 1.54) is 0 Å². The van der Waals surface area contributed by atoms with E-state index in [2.05, 4.69) is 11.1 Å². The van der Waals surface area contributed by atoms with Crippen molar-refractivity contribution in [3.63, 3.8) is 0 Å². The quantitative estimate of drug-likeness (QED) is 0.680. The maximum absolute atomic E-state index is 6.09. The number of methoxy groups -OCH3 is 1. The van der Waals surface area contributed by atoms with Crippen LogP contribution in [0.2, 0.25) is 5.02 Å². The van der Waals surface area contributed by atoms with Crippen LogP contribution in [0, 0.1) is 0 Å². The third-order valence-electron chi connectivity index (χ3n) is 3.00. The van der Waals surface area contributed by atoms with E-state index in [-0.39, 0.29) is 0 Å². The molecule has 0 amide bonds. The lowest BCUT2D eigenvalue weighted by atomic mass is 10.1. The van der Waals surface area contributed by atoms with E-state index in [1.807, 2.05) is 42.5 Å². The van der Waals surface area contributed by atoms with Crippen molar-refractivity contribution in [2.24, 2.45) is 0 Å². The minimum Gasteiger partial charge on any atom is -0.497 e. The first-order valence-electron chi connectivity index (χ1n) is 5.97. The summed E-state index contributed by atoms with van der Waals surface area (Å²) in [4.78, 5) is 4.65. The molecule has 0 N–H and O–H groups in total. The molecule has 3 aromatic rings. The van der Waals surface area contributed by atoms with Crippen LogP contribution in [-0.2, 0) is 0 Å². The normalized spacial score (nSPS) is 10.6. The summed E-state index contributed by atoms with van der Waals surface area (Å²) in [5.74, 6) is 0.734. The van der Waals surface area contributed by atoms with Crippen molar-refractivity contribution >= 4 is 22.5 Å². The molecule has 2 nitrogen and oxygen atoms in total. The number of aromatic nitrogens is 1. The predicted octanol–water partition coefficient (Wildman–Crippen LogP) is 4.56. The average molecular weight is 270 g/mol. The Balaban J connectivity index is 2.15. The summed E-state index contributed by atoms with van der Waals surface area (Å²) in [7, 11) is 1.63. The first-order valence-corrected chi connectivity index (χ1v) is 6.35. The number of nitrogens with zero attached hydrogens (tertiary/aromatic N) is 1. The van der Waals surface area contributed by atoms with Crippen molar-refractivity contribution in [2.45, 2.75) is 0 Å². The molecule has 0 saturated heterocycles. The summed E-state index contributed by atoms with van der Waals surface area (Å²) in [5.41, 5.74) is 2.81. The summed E-state index contributed by atoms with van der Waals surface area (Å²) in [6.45, 7) is 0. The lowest BCUT2D eigenvalue weighted by Crippen LogP contribution is -1.88. The molecular weight excluding hydrogens is 258 g/mol. The van der Waals surface area contributed by atoms with E-state index in [1.54, 1.807) is 13.2 Å². The topological polar surface area (TPSA) is 22.1 Å². The Morgan fingerprint density at radius 2 is 1.84 bits per heavy atom. The van der Waals surface area contributed by atoms with E-state index < -0.39 is 0 Å². The molecule has 1 aromatic heterocycles. The highest BCUT2D eigenvalue weighted by Gasteiger charge is 2.05. The van der Waals surface area contributed by atoms with Crippen molar-refractivity contribution < 1.29 is 4.74 Å². The number of rotatable bonds is 2. The number of fused-ring (bicyclic) bond motifs is 1. The van der Waals surface area contributed by atoms with Gasteiger partial charge in [-0.05, 0) is 30.3 Å². The second kappa shape index (κ2) is 4.90. The molecule has 0 fully saturated rings. The molecule has 0 aliphatic carbocycles. The largest absolute Gasteiger partial charge is 0.497 e. The van der Waals surface area contributed by atoms with Gasteiger partial charge in [-0.2, -0.15) is 0 Å². The highest BCUT2D eigenvalue weighted by atomic mass is 35.5. The monoisotopic (exact) mass is 269 g/mol. The van der Waals surface area contributed by atoms with Crippen LogP contribution in [0.4, 0.5) is 0 Å². The molecule has 3 heteroatoms. The minimum absolute atomic E-state index is 0.643. The van der Waals surface area contributed by atoms with Gasteiger partial charge in [0.15, 0.2) is 0 Å². The van der Waals surface area contributed by atoms with Gasteiger partial charge in [-0.3, -0.25) is 0 Å². The van der Waals surface area contributed by atoms with Crippen LogP contribution in [0.1, 0.15) is 0 Å². The fraction of sp³-hybridized carbons (Fsp3) is 0.0625. The molecule has 0 aliphatic heterocycles. The van der Waals surface area contributed by atoms with Crippen LogP contribution in [0.5, 0.6) is 5.75 Å². The molecule has 3 rings (SSSR count).